The lowest BCUT2D eigenvalue weighted by molar-refractivity contribution is 0.182. The van der Waals surface area contributed by atoms with Crippen molar-refractivity contribution in [3.8, 4) is 0 Å². The molecule has 5 heteroatoms. The van der Waals surface area contributed by atoms with Gasteiger partial charge in [-0.15, -0.1) is 0 Å². The summed E-state index contributed by atoms with van der Waals surface area (Å²) in [6, 6.07) is 3.58. The molecule has 1 N–H and O–H groups in total. The summed E-state index contributed by atoms with van der Waals surface area (Å²) in [6.45, 7) is 7.56. The first-order valence-corrected chi connectivity index (χ1v) is 7.85. The van der Waals surface area contributed by atoms with Gasteiger partial charge in [0.25, 0.3) is 0 Å². The van der Waals surface area contributed by atoms with Crippen molar-refractivity contribution in [1.29, 1.82) is 0 Å². The molecule has 110 valence electrons. The Morgan fingerprint density at radius 1 is 1.30 bits per heavy atom. The molecule has 4 atom stereocenters. The molecule has 4 unspecified atom stereocenters. The van der Waals surface area contributed by atoms with E-state index in [1.165, 1.54) is 12.1 Å². The van der Waals surface area contributed by atoms with Gasteiger partial charge in [0.15, 0.2) is 0 Å². The van der Waals surface area contributed by atoms with Crippen LogP contribution in [0.15, 0.2) is 12.1 Å². The van der Waals surface area contributed by atoms with E-state index in [1.54, 1.807) is 0 Å². The van der Waals surface area contributed by atoms with Gasteiger partial charge in [0.2, 0.25) is 0 Å². The molecular weight excluding hydrogens is 298 g/mol. The quantitative estimate of drug-likeness (QED) is 0.836. The third kappa shape index (κ3) is 2.35. The maximum atomic E-state index is 13.7. The fraction of sp³-hybridized carbons (Fsp3) is 0.600. The smallest absolute Gasteiger partial charge is 0.142 e. The molecule has 20 heavy (non-hydrogen) atoms. The summed E-state index contributed by atoms with van der Waals surface area (Å²) in [4.78, 5) is 2.44. The highest BCUT2D eigenvalue weighted by Gasteiger charge is 2.43. The molecule has 1 aromatic carbocycles. The van der Waals surface area contributed by atoms with Crippen LogP contribution in [0, 0.1) is 17.7 Å². The van der Waals surface area contributed by atoms with Crippen molar-refractivity contribution in [2.24, 2.45) is 11.8 Å². The third-order valence-corrected chi connectivity index (χ3v) is 5.58. The maximum Gasteiger partial charge on any atom is 0.142 e. The standard InChI is InChI=1S/C15H19Cl2FN2/c1-8(11-3-15(18)14(17)4-13(11)16)20-7-10-5-19-6-12(10)9(20)2/h3-4,8-10,12,19H,5-7H2,1-2H3. The zero-order valence-electron chi connectivity index (χ0n) is 11.7. The van der Waals surface area contributed by atoms with Crippen LogP contribution in [0.2, 0.25) is 10.0 Å². The molecule has 2 nitrogen and oxygen atoms in total. The van der Waals surface area contributed by atoms with Crippen molar-refractivity contribution in [3.63, 3.8) is 0 Å². The number of rotatable bonds is 2. The van der Waals surface area contributed by atoms with Crippen molar-refractivity contribution in [2.75, 3.05) is 19.6 Å². The lowest BCUT2D eigenvalue weighted by Crippen LogP contribution is -2.35. The first-order chi connectivity index (χ1) is 9.49. The van der Waals surface area contributed by atoms with E-state index in [1.807, 2.05) is 0 Å². The van der Waals surface area contributed by atoms with E-state index >= 15 is 0 Å². The highest BCUT2D eigenvalue weighted by molar-refractivity contribution is 6.35. The van der Waals surface area contributed by atoms with Gasteiger partial charge in [0, 0.05) is 23.7 Å². The molecule has 0 bridgehead atoms. The summed E-state index contributed by atoms with van der Waals surface area (Å²) in [5.74, 6) is 0.989. The van der Waals surface area contributed by atoms with E-state index < -0.39 is 5.82 Å². The van der Waals surface area contributed by atoms with Crippen molar-refractivity contribution >= 4 is 23.2 Å². The number of fused-ring (bicyclic) bond motifs is 1. The summed E-state index contributed by atoms with van der Waals surface area (Å²) in [6.07, 6.45) is 0. The number of nitrogens with zero attached hydrogens (tertiary/aromatic N) is 1. The van der Waals surface area contributed by atoms with Crippen LogP contribution < -0.4 is 5.32 Å². The van der Waals surface area contributed by atoms with Gasteiger partial charge in [-0.1, -0.05) is 23.2 Å². The number of benzene rings is 1. The third-order valence-electron chi connectivity index (χ3n) is 4.97. The molecule has 0 radical (unpaired) electrons. The fourth-order valence-electron chi connectivity index (χ4n) is 3.75. The Labute approximate surface area is 129 Å². The second-order valence-corrected chi connectivity index (χ2v) is 6.80. The average Bonchev–Trinajstić information content (AvgIpc) is 2.97. The minimum absolute atomic E-state index is 0.0847. The normalized spacial score (nSPS) is 31.6. The molecule has 0 aromatic heterocycles. The van der Waals surface area contributed by atoms with Crippen molar-refractivity contribution < 1.29 is 4.39 Å². The number of hydrogen-bond donors (Lipinski definition) is 1. The topological polar surface area (TPSA) is 15.3 Å². The predicted molar refractivity (Wildman–Crippen MR) is 80.9 cm³/mol. The minimum atomic E-state index is -0.397. The van der Waals surface area contributed by atoms with Crippen LogP contribution in [-0.4, -0.2) is 30.6 Å². The first-order valence-electron chi connectivity index (χ1n) is 7.10. The van der Waals surface area contributed by atoms with Crippen molar-refractivity contribution in [3.05, 3.63) is 33.6 Å². The Morgan fingerprint density at radius 3 is 2.75 bits per heavy atom. The Hall–Kier alpha value is -0.350. The molecule has 2 fully saturated rings. The van der Waals surface area contributed by atoms with Gasteiger partial charge in [0.1, 0.15) is 5.82 Å². The second kappa shape index (κ2) is 5.45. The van der Waals surface area contributed by atoms with E-state index in [0.29, 0.717) is 22.9 Å². The van der Waals surface area contributed by atoms with Crippen LogP contribution in [0.3, 0.4) is 0 Å². The summed E-state index contributed by atoms with van der Waals surface area (Å²) in [7, 11) is 0. The number of hydrogen-bond acceptors (Lipinski definition) is 2. The molecule has 2 saturated heterocycles. The molecule has 1 aromatic rings. The highest BCUT2D eigenvalue weighted by atomic mass is 35.5. The van der Waals surface area contributed by atoms with Crippen LogP contribution >= 0.6 is 23.2 Å². The van der Waals surface area contributed by atoms with Crippen molar-refractivity contribution in [1.82, 2.24) is 10.2 Å². The van der Waals surface area contributed by atoms with Gasteiger partial charge in [0.05, 0.1) is 5.02 Å². The average molecular weight is 317 g/mol. The molecule has 0 amide bonds. The molecule has 0 saturated carbocycles. The monoisotopic (exact) mass is 316 g/mol. The zero-order valence-corrected chi connectivity index (χ0v) is 13.2. The van der Waals surface area contributed by atoms with Crippen LogP contribution in [0.4, 0.5) is 4.39 Å². The van der Waals surface area contributed by atoms with Gasteiger partial charge in [-0.3, -0.25) is 4.90 Å². The summed E-state index contributed by atoms with van der Waals surface area (Å²) in [5, 5.41) is 4.08. The van der Waals surface area contributed by atoms with E-state index in [4.69, 9.17) is 23.2 Å². The highest BCUT2D eigenvalue weighted by Crippen LogP contribution is 2.40. The van der Waals surface area contributed by atoms with Crippen LogP contribution in [0.5, 0.6) is 0 Å². The van der Waals surface area contributed by atoms with Crippen LogP contribution in [0.1, 0.15) is 25.5 Å². The second-order valence-electron chi connectivity index (χ2n) is 5.98. The Kier molecular flexibility index (Phi) is 3.97. The largest absolute Gasteiger partial charge is 0.316 e. The van der Waals surface area contributed by atoms with Crippen molar-refractivity contribution in [2.45, 2.75) is 25.9 Å². The number of likely N-dealkylation sites (tertiary alicyclic amines) is 1. The van der Waals surface area contributed by atoms with Gasteiger partial charge in [-0.05, 0) is 56.5 Å². The van der Waals surface area contributed by atoms with Gasteiger partial charge >= 0.3 is 0 Å². The lowest BCUT2D eigenvalue weighted by atomic mass is 9.95. The zero-order chi connectivity index (χ0) is 14.4. The molecule has 2 aliphatic heterocycles. The molecule has 3 rings (SSSR count). The maximum absolute atomic E-state index is 13.7. The van der Waals surface area contributed by atoms with Gasteiger partial charge in [-0.2, -0.15) is 0 Å². The summed E-state index contributed by atoms with van der Waals surface area (Å²) < 4.78 is 13.7. The molecule has 0 spiro atoms. The Balaban J connectivity index is 1.86. The Bertz CT molecular complexity index is 523. The molecule has 0 aliphatic carbocycles. The lowest BCUT2D eigenvalue weighted by Gasteiger charge is -2.31. The van der Waals surface area contributed by atoms with E-state index in [2.05, 4.69) is 24.1 Å². The van der Waals surface area contributed by atoms with Gasteiger partial charge in [-0.25, -0.2) is 4.39 Å². The van der Waals surface area contributed by atoms with E-state index in [9.17, 15) is 4.39 Å². The van der Waals surface area contributed by atoms with Crippen LogP contribution in [-0.2, 0) is 0 Å². The van der Waals surface area contributed by atoms with Crippen LogP contribution in [0.25, 0.3) is 0 Å². The summed E-state index contributed by atoms with van der Waals surface area (Å²) >= 11 is 12.0. The Morgan fingerprint density at radius 2 is 2.05 bits per heavy atom. The molecule has 2 heterocycles. The minimum Gasteiger partial charge on any atom is -0.316 e. The van der Waals surface area contributed by atoms with Gasteiger partial charge < -0.3 is 5.32 Å². The SMILES string of the molecule is CC(c1cc(F)c(Cl)cc1Cl)N1CC2CNCC2C1C. The predicted octanol–water partition coefficient (Wildman–Crippen LogP) is 3.73. The summed E-state index contributed by atoms with van der Waals surface area (Å²) in [5.41, 5.74) is 0.827. The number of nitrogens with one attached hydrogen (secondary N) is 1. The molecule has 2 aliphatic rings. The van der Waals surface area contributed by atoms with E-state index in [0.717, 1.165) is 25.2 Å². The van der Waals surface area contributed by atoms with E-state index in [-0.39, 0.29) is 11.1 Å². The number of halogens is 3. The first kappa shape index (κ1) is 14.6. The molecular formula is C15H19Cl2FN2. The fourth-order valence-corrected chi connectivity index (χ4v) is 4.29.